The van der Waals surface area contributed by atoms with Crippen molar-refractivity contribution in [3.63, 3.8) is 0 Å². The number of urea groups is 1. The summed E-state index contributed by atoms with van der Waals surface area (Å²) in [6, 6.07) is 7.18. The average molecular weight is 274 g/mol. The summed E-state index contributed by atoms with van der Waals surface area (Å²) in [5.41, 5.74) is 1.24. The highest BCUT2D eigenvalue weighted by atomic mass is 16.4. The molecule has 3 amide bonds. The third kappa shape index (κ3) is 1.84. The van der Waals surface area contributed by atoms with E-state index in [4.69, 9.17) is 5.11 Å². The van der Waals surface area contributed by atoms with Crippen LogP contribution in [-0.4, -0.2) is 40.0 Å². The van der Waals surface area contributed by atoms with E-state index in [-0.39, 0.29) is 0 Å². The Kier molecular flexibility index (Phi) is 2.74. The van der Waals surface area contributed by atoms with Crippen molar-refractivity contribution in [3.8, 4) is 0 Å². The molecule has 1 aliphatic carbocycles. The van der Waals surface area contributed by atoms with Crippen LogP contribution in [0.25, 0.3) is 0 Å². The minimum absolute atomic E-state index is 0.421. The van der Waals surface area contributed by atoms with Crippen LogP contribution in [0.5, 0.6) is 0 Å². The lowest BCUT2D eigenvalue weighted by Gasteiger charge is -2.32. The number of benzene rings is 1. The summed E-state index contributed by atoms with van der Waals surface area (Å²) in [4.78, 5) is 35.8. The fraction of sp³-hybridized carbons (Fsp3) is 0.357. The van der Waals surface area contributed by atoms with Crippen molar-refractivity contribution in [3.05, 3.63) is 35.4 Å². The number of amides is 3. The minimum Gasteiger partial charge on any atom is -0.480 e. The number of imide groups is 1. The van der Waals surface area contributed by atoms with Crippen LogP contribution < -0.4 is 5.32 Å². The number of hydrogen-bond donors (Lipinski definition) is 2. The number of carbonyl (C=O) groups is 3. The summed E-state index contributed by atoms with van der Waals surface area (Å²) in [5, 5.41) is 11.5. The standard InChI is InChI=1S/C14H14N2O4/c17-11(18)8-16-12(19)14(15-13(16)20)6-5-9-3-1-2-4-10(9)7-14/h1-4H,5-8H2,(H,15,20)(H,17,18). The highest BCUT2D eigenvalue weighted by molar-refractivity contribution is 6.08. The Morgan fingerprint density at radius 3 is 2.70 bits per heavy atom. The van der Waals surface area contributed by atoms with E-state index in [0.717, 1.165) is 10.5 Å². The van der Waals surface area contributed by atoms with Crippen LogP contribution in [0.15, 0.2) is 24.3 Å². The van der Waals surface area contributed by atoms with E-state index in [1.165, 1.54) is 5.56 Å². The zero-order valence-electron chi connectivity index (χ0n) is 10.8. The van der Waals surface area contributed by atoms with E-state index in [1.54, 1.807) is 0 Å². The van der Waals surface area contributed by atoms with Crippen LogP contribution >= 0.6 is 0 Å². The van der Waals surface area contributed by atoms with E-state index in [2.05, 4.69) is 5.32 Å². The Labute approximate surface area is 115 Å². The molecular formula is C14H14N2O4. The van der Waals surface area contributed by atoms with Gasteiger partial charge in [0.15, 0.2) is 0 Å². The van der Waals surface area contributed by atoms with Crippen molar-refractivity contribution < 1.29 is 19.5 Å². The summed E-state index contributed by atoms with van der Waals surface area (Å²) in [7, 11) is 0. The molecule has 6 heteroatoms. The third-order valence-corrected chi connectivity index (χ3v) is 3.97. The normalized spacial score (nSPS) is 24.7. The lowest BCUT2D eigenvalue weighted by atomic mass is 9.78. The summed E-state index contributed by atoms with van der Waals surface area (Å²) in [6.45, 7) is -0.589. The van der Waals surface area contributed by atoms with Gasteiger partial charge < -0.3 is 10.4 Å². The Morgan fingerprint density at radius 2 is 2.00 bits per heavy atom. The molecule has 2 aliphatic rings. The van der Waals surface area contributed by atoms with E-state index < -0.39 is 30.0 Å². The van der Waals surface area contributed by atoms with Gasteiger partial charge in [0, 0.05) is 6.42 Å². The molecule has 1 unspecified atom stereocenters. The fourth-order valence-corrected chi connectivity index (χ4v) is 2.98. The van der Waals surface area contributed by atoms with Crippen LogP contribution in [0.1, 0.15) is 17.5 Å². The number of nitrogens with one attached hydrogen (secondary N) is 1. The first-order chi connectivity index (χ1) is 9.52. The predicted octanol–water partition coefficient (Wildman–Crippen LogP) is 0.550. The van der Waals surface area contributed by atoms with Crippen molar-refractivity contribution >= 4 is 17.9 Å². The molecule has 3 rings (SSSR count). The summed E-state index contributed by atoms with van der Waals surface area (Å²) in [6.07, 6.45) is 1.62. The topological polar surface area (TPSA) is 86.7 Å². The number of rotatable bonds is 2. The molecule has 1 spiro atoms. The quantitative estimate of drug-likeness (QED) is 0.771. The Morgan fingerprint density at radius 1 is 1.30 bits per heavy atom. The molecule has 104 valence electrons. The molecule has 1 fully saturated rings. The number of carbonyl (C=O) groups excluding carboxylic acids is 2. The number of carboxylic acids is 1. The first-order valence-electron chi connectivity index (χ1n) is 6.44. The predicted molar refractivity (Wildman–Crippen MR) is 69.1 cm³/mol. The maximum absolute atomic E-state index is 12.4. The second kappa shape index (κ2) is 4.33. The molecule has 2 N–H and O–H groups in total. The Balaban J connectivity index is 1.90. The van der Waals surface area contributed by atoms with Gasteiger partial charge in [-0.25, -0.2) is 4.79 Å². The van der Waals surface area contributed by atoms with Gasteiger partial charge in [-0.2, -0.15) is 0 Å². The van der Waals surface area contributed by atoms with Crippen molar-refractivity contribution in [1.29, 1.82) is 0 Å². The SMILES string of the molecule is O=C(O)CN1C(=O)NC2(CCc3ccccc3C2)C1=O. The number of aryl methyl sites for hydroxylation is 1. The van der Waals surface area contributed by atoms with E-state index in [0.29, 0.717) is 19.3 Å². The van der Waals surface area contributed by atoms with Gasteiger partial charge in [-0.05, 0) is 24.0 Å². The van der Waals surface area contributed by atoms with Crippen molar-refractivity contribution in [2.45, 2.75) is 24.8 Å². The van der Waals surface area contributed by atoms with Crippen LogP contribution in [-0.2, 0) is 22.4 Å². The van der Waals surface area contributed by atoms with E-state index in [9.17, 15) is 14.4 Å². The maximum atomic E-state index is 12.4. The molecule has 0 aromatic heterocycles. The highest BCUT2D eigenvalue weighted by Crippen LogP contribution is 2.33. The zero-order valence-corrected chi connectivity index (χ0v) is 10.8. The molecule has 1 saturated heterocycles. The van der Waals surface area contributed by atoms with E-state index in [1.807, 2.05) is 24.3 Å². The largest absolute Gasteiger partial charge is 0.480 e. The number of aliphatic carboxylic acids is 1. The Hall–Kier alpha value is -2.37. The maximum Gasteiger partial charge on any atom is 0.325 e. The van der Waals surface area contributed by atoms with Gasteiger partial charge in [0.05, 0.1) is 0 Å². The van der Waals surface area contributed by atoms with Gasteiger partial charge in [-0.1, -0.05) is 24.3 Å². The molecule has 1 atom stereocenters. The van der Waals surface area contributed by atoms with Crippen LogP contribution in [0.2, 0.25) is 0 Å². The lowest BCUT2D eigenvalue weighted by Crippen LogP contribution is -2.51. The molecule has 0 bridgehead atoms. The first-order valence-corrected chi connectivity index (χ1v) is 6.44. The summed E-state index contributed by atoms with van der Waals surface area (Å²) in [5.74, 6) is -1.62. The molecule has 1 heterocycles. The van der Waals surface area contributed by atoms with Gasteiger partial charge in [-0.3, -0.25) is 14.5 Å². The summed E-state index contributed by atoms with van der Waals surface area (Å²) < 4.78 is 0. The smallest absolute Gasteiger partial charge is 0.325 e. The number of hydrogen-bond acceptors (Lipinski definition) is 3. The second-order valence-corrected chi connectivity index (χ2v) is 5.24. The first kappa shape index (κ1) is 12.7. The average Bonchev–Trinajstić information content (AvgIpc) is 2.63. The molecule has 1 aromatic rings. The van der Waals surface area contributed by atoms with Crippen LogP contribution in [0.4, 0.5) is 4.79 Å². The molecule has 6 nitrogen and oxygen atoms in total. The Bertz CT molecular complexity index is 613. The highest BCUT2D eigenvalue weighted by Gasteiger charge is 2.52. The summed E-state index contributed by atoms with van der Waals surface area (Å²) >= 11 is 0. The molecule has 1 aliphatic heterocycles. The lowest BCUT2D eigenvalue weighted by molar-refractivity contribution is -0.143. The molecule has 0 radical (unpaired) electrons. The van der Waals surface area contributed by atoms with Crippen molar-refractivity contribution in [2.24, 2.45) is 0 Å². The van der Waals surface area contributed by atoms with Crippen molar-refractivity contribution in [2.75, 3.05) is 6.54 Å². The van der Waals surface area contributed by atoms with Crippen LogP contribution in [0, 0.1) is 0 Å². The second-order valence-electron chi connectivity index (χ2n) is 5.24. The van der Waals surface area contributed by atoms with Crippen LogP contribution in [0.3, 0.4) is 0 Å². The third-order valence-electron chi connectivity index (χ3n) is 3.97. The molecule has 1 aromatic carbocycles. The van der Waals surface area contributed by atoms with Crippen molar-refractivity contribution in [1.82, 2.24) is 10.2 Å². The minimum atomic E-state index is -1.19. The van der Waals surface area contributed by atoms with Gasteiger partial charge in [0.1, 0.15) is 12.1 Å². The van der Waals surface area contributed by atoms with Gasteiger partial charge in [0.2, 0.25) is 0 Å². The van der Waals surface area contributed by atoms with Gasteiger partial charge in [-0.15, -0.1) is 0 Å². The zero-order chi connectivity index (χ0) is 14.3. The van der Waals surface area contributed by atoms with Gasteiger partial charge in [0.25, 0.3) is 5.91 Å². The fourth-order valence-electron chi connectivity index (χ4n) is 2.98. The molecule has 20 heavy (non-hydrogen) atoms. The number of nitrogens with zero attached hydrogens (tertiary/aromatic N) is 1. The monoisotopic (exact) mass is 274 g/mol. The molecule has 0 saturated carbocycles. The molecular weight excluding hydrogens is 260 g/mol. The number of carboxylic acid groups (broad SMARTS) is 1. The number of fused-ring (bicyclic) bond motifs is 1. The van der Waals surface area contributed by atoms with E-state index >= 15 is 0 Å². The van der Waals surface area contributed by atoms with Gasteiger partial charge >= 0.3 is 12.0 Å².